The number of halogens is 4. The van der Waals surface area contributed by atoms with Crippen LogP contribution in [-0.2, 0) is 0 Å². The van der Waals surface area contributed by atoms with Crippen molar-refractivity contribution in [3.8, 4) is 0 Å². The third kappa shape index (κ3) is 4.34. The van der Waals surface area contributed by atoms with Crippen LogP contribution < -0.4 is 5.32 Å². The Kier molecular flexibility index (Phi) is 6.04. The summed E-state index contributed by atoms with van der Waals surface area (Å²) in [6.07, 6.45) is -1.16. The standard InChI is InChI=1S/C20H18BrCl3N2O2/c1-20(2,3)26-19(28)10-4-5-12(22)16(17(10)24)18(27)15-8-11-13(23)6-9(21)7-14(11)25-15/h4-8,18,25,27H,1-3H3,(H,26,28). The molecule has 148 valence electrons. The minimum absolute atomic E-state index is 0.104. The van der Waals surface area contributed by atoms with Gasteiger partial charge in [-0.05, 0) is 51.1 Å². The molecule has 1 aromatic heterocycles. The number of carbonyl (C=O) groups is 1. The number of carbonyl (C=O) groups excluding carboxylic acids is 1. The van der Waals surface area contributed by atoms with E-state index in [1.165, 1.54) is 0 Å². The fourth-order valence-electron chi connectivity index (χ4n) is 2.89. The number of fused-ring (bicyclic) bond motifs is 1. The molecule has 8 heteroatoms. The summed E-state index contributed by atoms with van der Waals surface area (Å²) >= 11 is 22.5. The molecule has 1 heterocycles. The number of hydrogen-bond donors (Lipinski definition) is 3. The van der Waals surface area contributed by atoms with Gasteiger partial charge in [-0.3, -0.25) is 4.79 Å². The molecule has 0 aliphatic carbocycles. The lowest BCUT2D eigenvalue weighted by Crippen LogP contribution is -2.40. The molecule has 0 aliphatic rings. The molecule has 0 bridgehead atoms. The van der Waals surface area contributed by atoms with Crippen LogP contribution in [0, 0.1) is 0 Å². The van der Waals surface area contributed by atoms with Gasteiger partial charge in [-0.1, -0.05) is 50.7 Å². The molecular weight excluding hydrogens is 486 g/mol. The highest BCUT2D eigenvalue weighted by molar-refractivity contribution is 9.10. The van der Waals surface area contributed by atoms with Crippen molar-refractivity contribution in [1.82, 2.24) is 10.3 Å². The van der Waals surface area contributed by atoms with Crippen LogP contribution in [0.5, 0.6) is 0 Å². The van der Waals surface area contributed by atoms with Crippen LogP contribution in [0.2, 0.25) is 15.1 Å². The van der Waals surface area contributed by atoms with E-state index in [1.807, 2.05) is 26.8 Å². The molecule has 0 radical (unpaired) electrons. The second-order valence-corrected chi connectivity index (χ2v) is 9.61. The molecule has 1 amide bonds. The predicted molar refractivity (Wildman–Crippen MR) is 119 cm³/mol. The molecule has 0 fully saturated rings. The van der Waals surface area contributed by atoms with E-state index in [0.29, 0.717) is 10.7 Å². The second-order valence-electron chi connectivity index (χ2n) is 7.50. The molecule has 0 saturated carbocycles. The van der Waals surface area contributed by atoms with Crippen LogP contribution >= 0.6 is 50.7 Å². The first-order chi connectivity index (χ1) is 13.0. The lowest BCUT2D eigenvalue weighted by Gasteiger charge is -2.22. The maximum absolute atomic E-state index is 12.6. The van der Waals surface area contributed by atoms with Crippen molar-refractivity contribution in [2.24, 2.45) is 0 Å². The van der Waals surface area contributed by atoms with E-state index < -0.39 is 11.6 Å². The van der Waals surface area contributed by atoms with Crippen molar-refractivity contribution in [2.45, 2.75) is 32.4 Å². The van der Waals surface area contributed by atoms with E-state index in [-0.39, 0.29) is 27.1 Å². The van der Waals surface area contributed by atoms with Crippen LogP contribution in [0.4, 0.5) is 0 Å². The molecule has 4 nitrogen and oxygen atoms in total. The van der Waals surface area contributed by atoms with Crippen molar-refractivity contribution in [1.29, 1.82) is 0 Å². The smallest absolute Gasteiger partial charge is 0.253 e. The Balaban J connectivity index is 2.07. The van der Waals surface area contributed by atoms with Crippen LogP contribution in [0.1, 0.15) is 48.5 Å². The lowest BCUT2D eigenvalue weighted by atomic mass is 10.0. The van der Waals surface area contributed by atoms with E-state index in [4.69, 9.17) is 34.8 Å². The Hall–Kier alpha value is -1.24. The first-order valence-electron chi connectivity index (χ1n) is 8.44. The van der Waals surface area contributed by atoms with E-state index in [0.717, 1.165) is 15.4 Å². The van der Waals surface area contributed by atoms with Gasteiger partial charge in [0, 0.05) is 37.2 Å². The van der Waals surface area contributed by atoms with Crippen LogP contribution in [0.25, 0.3) is 10.9 Å². The van der Waals surface area contributed by atoms with Gasteiger partial charge < -0.3 is 15.4 Å². The normalized spacial score (nSPS) is 13.0. The molecule has 0 spiro atoms. The molecule has 3 aromatic rings. The minimum Gasteiger partial charge on any atom is -0.382 e. The third-order valence-electron chi connectivity index (χ3n) is 4.10. The molecule has 28 heavy (non-hydrogen) atoms. The number of benzene rings is 2. The molecular formula is C20H18BrCl3N2O2. The molecule has 3 rings (SSSR count). The largest absolute Gasteiger partial charge is 0.382 e. The van der Waals surface area contributed by atoms with Gasteiger partial charge in [0.25, 0.3) is 5.91 Å². The molecule has 1 atom stereocenters. The summed E-state index contributed by atoms with van der Waals surface area (Å²) in [4.78, 5) is 15.7. The Morgan fingerprint density at radius 3 is 2.46 bits per heavy atom. The maximum Gasteiger partial charge on any atom is 0.253 e. The zero-order chi connectivity index (χ0) is 20.8. The zero-order valence-electron chi connectivity index (χ0n) is 15.3. The second kappa shape index (κ2) is 7.88. The van der Waals surface area contributed by atoms with E-state index >= 15 is 0 Å². The van der Waals surface area contributed by atoms with Crippen LogP contribution in [0.15, 0.2) is 34.8 Å². The topological polar surface area (TPSA) is 65.1 Å². The highest BCUT2D eigenvalue weighted by atomic mass is 79.9. The monoisotopic (exact) mass is 502 g/mol. The van der Waals surface area contributed by atoms with Gasteiger partial charge in [0.2, 0.25) is 0 Å². The number of aromatic nitrogens is 1. The highest BCUT2D eigenvalue weighted by Gasteiger charge is 2.25. The van der Waals surface area contributed by atoms with Crippen LogP contribution in [-0.4, -0.2) is 21.5 Å². The summed E-state index contributed by atoms with van der Waals surface area (Å²) in [6, 6.07) is 8.46. The quantitative estimate of drug-likeness (QED) is 0.381. The Bertz CT molecular complexity index is 1070. The van der Waals surface area contributed by atoms with Crippen molar-refractivity contribution in [3.63, 3.8) is 0 Å². The van der Waals surface area contributed by atoms with E-state index in [1.54, 1.807) is 24.3 Å². The van der Waals surface area contributed by atoms with Crippen molar-refractivity contribution >= 4 is 67.5 Å². The SMILES string of the molecule is CC(C)(C)NC(=O)c1ccc(Cl)c(C(O)c2cc3c(Cl)cc(Br)cc3[nH]2)c1Cl. The molecule has 1 unspecified atom stereocenters. The van der Waals surface area contributed by atoms with Crippen molar-refractivity contribution in [2.75, 3.05) is 0 Å². The number of aromatic amines is 1. The average molecular weight is 505 g/mol. The highest BCUT2D eigenvalue weighted by Crippen LogP contribution is 2.38. The fraction of sp³-hybridized carbons (Fsp3) is 0.250. The van der Waals surface area contributed by atoms with Gasteiger partial charge in [-0.15, -0.1) is 0 Å². The number of aliphatic hydroxyl groups excluding tert-OH is 1. The summed E-state index contributed by atoms with van der Waals surface area (Å²) in [7, 11) is 0. The van der Waals surface area contributed by atoms with Gasteiger partial charge in [0.05, 0.1) is 15.6 Å². The Labute approximate surface area is 186 Å². The van der Waals surface area contributed by atoms with Gasteiger partial charge in [-0.25, -0.2) is 0 Å². The first-order valence-corrected chi connectivity index (χ1v) is 10.4. The number of rotatable bonds is 3. The average Bonchev–Trinajstić information content (AvgIpc) is 2.97. The molecule has 0 aliphatic heterocycles. The summed E-state index contributed by atoms with van der Waals surface area (Å²) in [5.74, 6) is -0.341. The number of amides is 1. The summed E-state index contributed by atoms with van der Waals surface area (Å²) in [5.41, 5.74) is 1.29. The summed E-state index contributed by atoms with van der Waals surface area (Å²) in [6.45, 7) is 5.62. The fourth-order valence-corrected chi connectivity index (χ4v) is 4.41. The first kappa shape index (κ1) is 21.5. The third-order valence-corrected chi connectivity index (χ3v) is 5.61. The van der Waals surface area contributed by atoms with Crippen LogP contribution in [0.3, 0.4) is 0 Å². The number of nitrogens with one attached hydrogen (secondary N) is 2. The van der Waals surface area contributed by atoms with Gasteiger partial charge in [0.15, 0.2) is 0 Å². The molecule has 2 aromatic carbocycles. The minimum atomic E-state index is -1.16. The number of hydrogen-bond acceptors (Lipinski definition) is 2. The Morgan fingerprint density at radius 1 is 1.14 bits per heavy atom. The van der Waals surface area contributed by atoms with E-state index in [2.05, 4.69) is 26.2 Å². The van der Waals surface area contributed by atoms with Gasteiger partial charge in [0.1, 0.15) is 6.10 Å². The van der Waals surface area contributed by atoms with Crippen molar-refractivity contribution < 1.29 is 9.90 Å². The number of aliphatic hydroxyl groups is 1. The van der Waals surface area contributed by atoms with Crippen molar-refractivity contribution in [3.05, 3.63) is 66.7 Å². The van der Waals surface area contributed by atoms with Gasteiger partial charge in [-0.2, -0.15) is 0 Å². The lowest BCUT2D eigenvalue weighted by molar-refractivity contribution is 0.0919. The predicted octanol–water partition coefficient (Wildman–Crippen LogP) is 6.50. The maximum atomic E-state index is 12.6. The molecule has 3 N–H and O–H groups in total. The number of H-pyrrole nitrogens is 1. The summed E-state index contributed by atoms with van der Waals surface area (Å²) in [5, 5.41) is 15.5. The zero-order valence-corrected chi connectivity index (χ0v) is 19.2. The summed E-state index contributed by atoms with van der Waals surface area (Å²) < 4.78 is 0.810. The van der Waals surface area contributed by atoms with E-state index in [9.17, 15) is 9.90 Å². The van der Waals surface area contributed by atoms with Gasteiger partial charge >= 0.3 is 0 Å². The Morgan fingerprint density at radius 2 is 1.82 bits per heavy atom. The molecule has 0 saturated heterocycles.